The Morgan fingerprint density at radius 2 is 2.24 bits per heavy atom. The van der Waals surface area contributed by atoms with Crippen LogP contribution in [0.1, 0.15) is 19.5 Å². The second kappa shape index (κ2) is 6.36. The van der Waals surface area contributed by atoms with E-state index in [0.717, 1.165) is 5.69 Å². The molecule has 0 aliphatic heterocycles. The molecule has 1 heterocycles. The van der Waals surface area contributed by atoms with E-state index in [0.29, 0.717) is 24.0 Å². The van der Waals surface area contributed by atoms with Gasteiger partial charge in [-0.05, 0) is 12.1 Å². The molecular formula is C14H17N3O4. The van der Waals surface area contributed by atoms with Crippen LogP contribution in [0.5, 0.6) is 5.75 Å². The van der Waals surface area contributed by atoms with Gasteiger partial charge in [-0.2, -0.15) is 0 Å². The molecule has 112 valence electrons. The molecule has 0 bridgehead atoms. The minimum absolute atomic E-state index is 0.116. The Morgan fingerprint density at radius 3 is 2.86 bits per heavy atom. The summed E-state index contributed by atoms with van der Waals surface area (Å²) in [6, 6.07) is 4.94. The summed E-state index contributed by atoms with van der Waals surface area (Å²) in [5.74, 6) is 0.554. The Bertz CT molecular complexity index is 637. The highest BCUT2D eigenvalue weighted by Crippen LogP contribution is 2.31. The van der Waals surface area contributed by atoms with Crippen molar-refractivity contribution in [3.8, 4) is 17.2 Å². The van der Waals surface area contributed by atoms with Crippen LogP contribution in [0.15, 0.2) is 28.9 Å². The zero-order chi connectivity index (χ0) is 15.4. The van der Waals surface area contributed by atoms with Crippen molar-refractivity contribution >= 4 is 5.69 Å². The van der Waals surface area contributed by atoms with E-state index in [1.165, 1.54) is 19.2 Å². The SMILES string of the molecule is COc1ccc(-c2nc(CNC(C)C)co2)cc1[N+](=O)[O-]. The number of aromatic nitrogens is 1. The number of benzene rings is 1. The summed E-state index contributed by atoms with van der Waals surface area (Å²) in [7, 11) is 1.39. The van der Waals surface area contributed by atoms with E-state index in [9.17, 15) is 10.1 Å². The molecule has 7 nitrogen and oxygen atoms in total. The second-order valence-electron chi connectivity index (χ2n) is 4.82. The van der Waals surface area contributed by atoms with Crippen molar-refractivity contribution in [2.45, 2.75) is 26.4 Å². The van der Waals surface area contributed by atoms with Crippen LogP contribution in [0.25, 0.3) is 11.5 Å². The van der Waals surface area contributed by atoms with Gasteiger partial charge in [0, 0.05) is 24.2 Å². The first kappa shape index (κ1) is 15.0. The van der Waals surface area contributed by atoms with Gasteiger partial charge in [0.25, 0.3) is 0 Å². The first-order valence-corrected chi connectivity index (χ1v) is 6.52. The number of hydrogen-bond donors (Lipinski definition) is 1. The lowest BCUT2D eigenvalue weighted by atomic mass is 10.2. The molecule has 0 saturated carbocycles. The Hall–Kier alpha value is -2.41. The number of rotatable bonds is 6. The average molecular weight is 291 g/mol. The highest BCUT2D eigenvalue weighted by Gasteiger charge is 2.18. The van der Waals surface area contributed by atoms with Crippen LogP contribution in [-0.4, -0.2) is 23.1 Å². The van der Waals surface area contributed by atoms with Gasteiger partial charge >= 0.3 is 5.69 Å². The Kier molecular flexibility index (Phi) is 4.54. The van der Waals surface area contributed by atoms with E-state index in [1.54, 1.807) is 12.3 Å². The molecule has 0 aliphatic rings. The largest absolute Gasteiger partial charge is 0.490 e. The third-order valence-corrected chi connectivity index (χ3v) is 2.87. The van der Waals surface area contributed by atoms with Crippen LogP contribution in [-0.2, 0) is 6.54 Å². The van der Waals surface area contributed by atoms with Crippen LogP contribution in [0.4, 0.5) is 5.69 Å². The number of ether oxygens (including phenoxy) is 1. The van der Waals surface area contributed by atoms with E-state index in [-0.39, 0.29) is 11.4 Å². The van der Waals surface area contributed by atoms with Gasteiger partial charge in [-0.3, -0.25) is 10.1 Å². The lowest BCUT2D eigenvalue weighted by Crippen LogP contribution is -2.21. The highest BCUT2D eigenvalue weighted by molar-refractivity contribution is 5.62. The molecule has 0 fully saturated rings. The standard InChI is InChI=1S/C14H17N3O4/c1-9(2)15-7-11-8-21-14(16-11)10-4-5-13(20-3)12(6-10)17(18)19/h4-6,8-9,15H,7H2,1-3H3. The monoisotopic (exact) mass is 291 g/mol. The number of oxazole rings is 1. The molecule has 1 aromatic carbocycles. The molecule has 2 aromatic rings. The molecule has 21 heavy (non-hydrogen) atoms. The maximum atomic E-state index is 11.0. The van der Waals surface area contributed by atoms with Crippen molar-refractivity contribution in [1.29, 1.82) is 0 Å². The van der Waals surface area contributed by atoms with Crippen molar-refractivity contribution < 1.29 is 14.1 Å². The zero-order valence-corrected chi connectivity index (χ0v) is 12.1. The predicted molar refractivity (Wildman–Crippen MR) is 77.1 cm³/mol. The van der Waals surface area contributed by atoms with E-state index in [2.05, 4.69) is 10.3 Å². The molecule has 0 atom stereocenters. The van der Waals surface area contributed by atoms with Gasteiger partial charge in [0.1, 0.15) is 6.26 Å². The molecule has 0 radical (unpaired) electrons. The number of nitrogens with one attached hydrogen (secondary N) is 1. The fourth-order valence-electron chi connectivity index (χ4n) is 1.80. The predicted octanol–water partition coefficient (Wildman–Crippen LogP) is 2.76. The highest BCUT2D eigenvalue weighted by atomic mass is 16.6. The first-order valence-electron chi connectivity index (χ1n) is 6.52. The van der Waals surface area contributed by atoms with E-state index < -0.39 is 4.92 Å². The van der Waals surface area contributed by atoms with Gasteiger partial charge in [-0.25, -0.2) is 4.98 Å². The number of nitro groups is 1. The fourth-order valence-corrected chi connectivity index (χ4v) is 1.80. The van der Waals surface area contributed by atoms with Gasteiger partial charge in [0.05, 0.1) is 17.7 Å². The summed E-state index contributed by atoms with van der Waals surface area (Å²) < 4.78 is 10.3. The molecule has 0 spiro atoms. The molecule has 1 aromatic heterocycles. The van der Waals surface area contributed by atoms with Crippen molar-refractivity contribution in [2.24, 2.45) is 0 Å². The van der Waals surface area contributed by atoms with Gasteiger partial charge in [-0.15, -0.1) is 0 Å². The van der Waals surface area contributed by atoms with Crippen molar-refractivity contribution in [2.75, 3.05) is 7.11 Å². The minimum atomic E-state index is -0.494. The quantitative estimate of drug-likeness (QED) is 0.650. The van der Waals surface area contributed by atoms with Crippen LogP contribution in [0.3, 0.4) is 0 Å². The lowest BCUT2D eigenvalue weighted by Gasteiger charge is -2.04. The summed E-state index contributed by atoms with van der Waals surface area (Å²) in [4.78, 5) is 14.8. The number of methoxy groups -OCH3 is 1. The van der Waals surface area contributed by atoms with Crippen LogP contribution < -0.4 is 10.1 Å². The van der Waals surface area contributed by atoms with Crippen LogP contribution >= 0.6 is 0 Å². The van der Waals surface area contributed by atoms with Gasteiger partial charge in [0.15, 0.2) is 5.75 Å². The van der Waals surface area contributed by atoms with Crippen LogP contribution in [0.2, 0.25) is 0 Å². The Morgan fingerprint density at radius 1 is 1.48 bits per heavy atom. The molecule has 7 heteroatoms. The van der Waals surface area contributed by atoms with Crippen molar-refractivity contribution in [3.63, 3.8) is 0 Å². The summed E-state index contributed by atoms with van der Waals surface area (Å²) in [6.07, 6.45) is 1.54. The Labute approximate surface area is 122 Å². The number of hydrogen-bond acceptors (Lipinski definition) is 6. The average Bonchev–Trinajstić information content (AvgIpc) is 2.93. The topological polar surface area (TPSA) is 90.4 Å². The summed E-state index contributed by atoms with van der Waals surface area (Å²) in [5, 5.41) is 14.2. The maximum Gasteiger partial charge on any atom is 0.311 e. The summed E-state index contributed by atoms with van der Waals surface area (Å²) in [5.41, 5.74) is 1.17. The fraction of sp³-hybridized carbons (Fsp3) is 0.357. The summed E-state index contributed by atoms with van der Waals surface area (Å²) in [6.45, 7) is 4.65. The van der Waals surface area contributed by atoms with Gasteiger partial charge in [0.2, 0.25) is 5.89 Å². The third-order valence-electron chi connectivity index (χ3n) is 2.87. The lowest BCUT2D eigenvalue weighted by molar-refractivity contribution is -0.385. The molecule has 0 amide bonds. The smallest absolute Gasteiger partial charge is 0.311 e. The molecule has 0 saturated heterocycles. The molecule has 0 unspecified atom stereocenters. The zero-order valence-electron chi connectivity index (χ0n) is 12.1. The van der Waals surface area contributed by atoms with Crippen molar-refractivity contribution in [3.05, 3.63) is 40.3 Å². The van der Waals surface area contributed by atoms with E-state index >= 15 is 0 Å². The van der Waals surface area contributed by atoms with Crippen LogP contribution in [0, 0.1) is 10.1 Å². The minimum Gasteiger partial charge on any atom is -0.490 e. The number of nitro benzene ring substituents is 1. The maximum absolute atomic E-state index is 11.0. The van der Waals surface area contributed by atoms with Gasteiger partial charge in [-0.1, -0.05) is 13.8 Å². The third kappa shape index (κ3) is 3.57. The van der Waals surface area contributed by atoms with Crippen molar-refractivity contribution in [1.82, 2.24) is 10.3 Å². The normalized spacial score (nSPS) is 10.9. The van der Waals surface area contributed by atoms with E-state index in [4.69, 9.17) is 9.15 Å². The molecule has 0 aliphatic carbocycles. The Balaban J connectivity index is 2.26. The second-order valence-corrected chi connectivity index (χ2v) is 4.82. The molecule has 2 rings (SSSR count). The summed E-state index contributed by atoms with van der Waals surface area (Å²) >= 11 is 0. The first-order chi connectivity index (χ1) is 10.0. The molecule has 1 N–H and O–H groups in total. The number of nitrogens with zero attached hydrogens (tertiary/aromatic N) is 2. The molecular weight excluding hydrogens is 274 g/mol. The van der Waals surface area contributed by atoms with E-state index in [1.807, 2.05) is 13.8 Å². The van der Waals surface area contributed by atoms with Gasteiger partial charge < -0.3 is 14.5 Å².